The van der Waals surface area contributed by atoms with E-state index < -0.39 is 0 Å². The van der Waals surface area contributed by atoms with Crippen molar-refractivity contribution in [3.05, 3.63) is 69.0 Å². The number of nitrogens with one attached hydrogen (secondary N) is 1. The topological polar surface area (TPSA) is 85.2 Å². The Labute approximate surface area is 218 Å². The lowest BCUT2D eigenvalue weighted by Gasteiger charge is -2.15. The highest BCUT2D eigenvalue weighted by Gasteiger charge is 2.33. The Morgan fingerprint density at radius 1 is 1.14 bits per heavy atom. The Hall–Kier alpha value is -3.37. The Bertz CT molecular complexity index is 1420. The minimum Gasteiger partial charge on any atom is -0.454 e. The monoisotopic (exact) mass is 522 g/mol. The molecule has 2 aliphatic heterocycles. The largest absolute Gasteiger partial charge is 0.454 e. The lowest BCUT2D eigenvalue weighted by Crippen LogP contribution is -2.27. The smallest absolute Gasteiger partial charge is 0.267 e. The van der Waals surface area contributed by atoms with Gasteiger partial charge in [-0.15, -0.1) is 0 Å². The van der Waals surface area contributed by atoms with Crippen molar-refractivity contribution in [2.24, 2.45) is 0 Å². The van der Waals surface area contributed by atoms with Crippen molar-refractivity contribution < 1.29 is 14.3 Å². The summed E-state index contributed by atoms with van der Waals surface area (Å²) in [6.07, 6.45) is 7.67. The van der Waals surface area contributed by atoms with Gasteiger partial charge >= 0.3 is 0 Å². The minimum absolute atomic E-state index is 0.187. The van der Waals surface area contributed by atoms with Crippen LogP contribution >= 0.6 is 24.0 Å². The number of hydrogen-bond acceptors (Lipinski definition) is 8. The van der Waals surface area contributed by atoms with E-state index >= 15 is 0 Å². The van der Waals surface area contributed by atoms with Crippen LogP contribution in [-0.2, 0) is 11.3 Å². The van der Waals surface area contributed by atoms with Gasteiger partial charge in [0.2, 0.25) is 6.79 Å². The van der Waals surface area contributed by atoms with Crippen LogP contribution in [0.2, 0.25) is 0 Å². The van der Waals surface area contributed by atoms with Crippen molar-refractivity contribution in [3.63, 3.8) is 0 Å². The number of thiocarbonyl (C=S) groups is 1. The first-order valence-corrected chi connectivity index (χ1v) is 13.2. The van der Waals surface area contributed by atoms with Gasteiger partial charge in [0.05, 0.1) is 17.0 Å². The number of hydrogen-bond donors (Lipinski definition) is 1. The van der Waals surface area contributed by atoms with Crippen molar-refractivity contribution in [2.75, 3.05) is 18.7 Å². The number of anilines is 1. The SMILES string of the molecule is CCCCCCNc1nc2ccccn2c(=O)c1C=C1SC(=S)N(Cc2ccc3c(c2)OCO3)C1=O. The molecule has 1 N–H and O–H groups in total. The van der Waals surface area contributed by atoms with Crippen LogP contribution in [0.5, 0.6) is 11.5 Å². The fraction of sp³-hybridized carbons (Fsp3) is 0.308. The molecule has 10 heteroatoms. The van der Waals surface area contributed by atoms with E-state index in [0.29, 0.717) is 50.8 Å². The third-order valence-corrected chi connectivity index (χ3v) is 7.40. The van der Waals surface area contributed by atoms with E-state index in [2.05, 4.69) is 17.2 Å². The van der Waals surface area contributed by atoms with Crippen molar-refractivity contribution in [1.82, 2.24) is 14.3 Å². The second kappa shape index (κ2) is 10.7. The lowest BCUT2D eigenvalue weighted by molar-refractivity contribution is -0.122. The van der Waals surface area contributed by atoms with E-state index in [1.165, 1.54) is 21.1 Å². The first-order valence-electron chi connectivity index (χ1n) is 11.9. The third-order valence-electron chi connectivity index (χ3n) is 6.02. The van der Waals surface area contributed by atoms with E-state index in [0.717, 1.165) is 31.2 Å². The molecule has 4 heterocycles. The Morgan fingerprint density at radius 2 is 2.00 bits per heavy atom. The van der Waals surface area contributed by atoms with Crippen LogP contribution in [0.25, 0.3) is 11.7 Å². The number of carbonyl (C=O) groups excluding carboxylic acids is 1. The number of pyridine rings is 1. The second-order valence-corrected chi connectivity index (χ2v) is 10.2. The molecule has 0 spiro atoms. The summed E-state index contributed by atoms with van der Waals surface area (Å²) >= 11 is 6.71. The van der Waals surface area contributed by atoms with Crippen LogP contribution in [0.15, 0.2) is 52.3 Å². The molecule has 1 saturated heterocycles. The Kier molecular flexibility index (Phi) is 7.24. The van der Waals surface area contributed by atoms with Gasteiger partial charge in [-0.25, -0.2) is 4.98 Å². The molecule has 0 atom stereocenters. The number of amides is 1. The standard InChI is InChI=1S/C26H26N4O4S2/c1-2-3-4-6-11-27-23-18(24(31)29-12-7-5-8-22(29)28-23)14-21-25(32)30(26(35)36-21)15-17-9-10-19-20(13-17)34-16-33-19/h5,7-10,12-14,27H,2-4,6,11,15-16H2,1H3. The first-order chi connectivity index (χ1) is 17.5. The van der Waals surface area contributed by atoms with E-state index in [4.69, 9.17) is 21.7 Å². The number of nitrogens with zero attached hydrogens (tertiary/aromatic N) is 3. The molecule has 2 aromatic heterocycles. The number of fused-ring (bicyclic) bond motifs is 2. The van der Waals surface area contributed by atoms with E-state index in [-0.39, 0.29) is 18.3 Å². The van der Waals surface area contributed by atoms with Gasteiger partial charge in [-0.1, -0.05) is 62.3 Å². The van der Waals surface area contributed by atoms with Gasteiger partial charge in [0.1, 0.15) is 15.8 Å². The molecular formula is C26H26N4O4S2. The zero-order chi connectivity index (χ0) is 25.1. The minimum atomic E-state index is -0.242. The molecule has 1 amide bonds. The average molecular weight is 523 g/mol. The lowest BCUT2D eigenvalue weighted by atomic mass is 10.2. The predicted molar refractivity (Wildman–Crippen MR) is 145 cm³/mol. The predicted octanol–water partition coefficient (Wildman–Crippen LogP) is 4.82. The second-order valence-electron chi connectivity index (χ2n) is 8.55. The molecule has 5 rings (SSSR count). The zero-order valence-corrected chi connectivity index (χ0v) is 21.5. The number of unbranched alkanes of at least 4 members (excludes halogenated alkanes) is 3. The quantitative estimate of drug-likeness (QED) is 0.243. The Balaban J connectivity index is 1.42. The average Bonchev–Trinajstić information content (AvgIpc) is 3.45. The fourth-order valence-electron chi connectivity index (χ4n) is 4.12. The molecule has 0 aliphatic carbocycles. The van der Waals surface area contributed by atoms with E-state index in [1.54, 1.807) is 24.4 Å². The first kappa shape index (κ1) is 24.3. The normalized spacial score (nSPS) is 15.9. The highest BCUT2D eigenvalue weighted by atomic mass is 32.2. The number of aromatic nitrogens is 2. The summed E-state index contributed by atoms with van der Waals surface area (Å²) < 4.78 is 12.7. The highest BCUT2D eigenvalue weighted by Crippen LogP contribution is 2.36. The van der Waals surface area contributed by atoms with Crippen LogP contribution in [0.1, 0.15) is 43.7 Å². The number of carbonyl (C=O) groups is 1. The van der Waals surface area contributed by atoms with Crippen LogP contribution in [0.4, 0.5) is 5.82 Å². The molecule has 2 aliphatic rings. The van der Waals surface area contributed by atoms with Gasteiger partial charge in [-0.2, -0.15) is 0 Å². The summed E-state index contributed by atoms with van der Waals surface area (Å²) in [5, 5.41) is 3.32. The van der Waals surface area contributed by atoms with Crippen LogP contribution < -0.4 is 20.3 Å². The maximum atomic E-state index is 13.4. The number of thioether (sulfide) groups is 1. The molecule has 186 valence electrons. The van der Waals surface area contributed by atoms with Crippen molar-refractivity contribution in [1.29, 1.82) is 0 Å². The summed E-state index contributed by atoms with van der Waals surface area (Å²) in [6.45, 7) is 3.35. The highest BCUT2D eigenvalue weighted by molar-refractivity contribution is 8.26. The van der Waals surface area contributed by atoms with Gasteiger partial charge in [0.15, 0.2) is 11.5 Å². The summed E-state index contributed by atoms with van der Waals surface area (Å²) in [6, 6.07) is 11.0. The number of benzene rings is 1. The molecule has 0 saturated carbocycles. The zero-order valence-electron chi connectivity index (χ0n) is 19.9. The molecule has 1 fully saturated rings. The molecule has 8 nitrogen and oxygen atoms in total. The Morgan fingerprint density at radius 3 is 2.86 bits per heavy atom. The van der Waals surface area contributed by atoms with Gasteiger partial charge in [0.25, 0.3) is 11.5 Å². The van der Waals surface area contributed by atoms with Gasteiger partial charge < -0.3 is 14.8 Å². The summed E-state index contributed by atoms with van der Waals surface area (Å²) in [5.74, 6) is 1.57. The molecule has 0 unspecified atom stereocenters. The maximum absolute atomic E-state index is 13.4. The maximum Gasteiger partial charge on any atom is 0.267 e. The van der Waals surface area contributed by atoms with E-state index in [1.807, 2.05) is 24.3 Å². The van der Waals surface area contributed by atoms with Crippen LogP contribution in [0, 0.1) is 0 Å². The van der Waals surface area contributed by atoms with Crippen molar-refractivity contribution in [3.8, 4) is 11.5 Å². The van der Waals surface area contributed by atoms with Crippen LogP contribution in [0.3, 0.4) is 0 Å². The summed E-state index contributed by atoms with van der Waals surface area (Å²) in [5.41, 5.74) is 1.53. The van der Waals surface area contributed by atoms with Gasteiger partial charge in [-0.05, 0) is 42.3 Å². The molecule has 0 radical (unpaired) electrons. The molecule has 1 aromatic carbocycles. The van der Waals surface area contributed by atoms with Crippen molar-refractivity contribution >= 4 is 51.7 Å². The van der Waals surface area contributed by atoms with Gasteiger partial charge in [0, 0.05) is 12.7 Å². The van der Waals surface area contributed by atoms with Gasteiger partial charge in [-0.3, -0.25) is 18.9 Å². The van der Waals surface area contributed by atoms with Crippen molar-refractivity contribution in [2.45, 2.75) is 39.2 Å². The van der Waals surface area contributed by atoms with Crippen LogP contribution in [-0.4, -0.2) is 37.8 Å². The fourth-order valence-corrected chi connectivity index (χ4v) is 5.35. The molecule has 36 heavy (non-hydrogen) atoms. The molecule has 0 bridgehead atoms. The number of ether oxygens (including phenoxy) is 2. The molecule has 3 aromatic rings. The van der Waals surface area contributed by atoms with E-state index in [9.17, 15) is 9.59 Å². The number of rotatable bonds is 9. The summed E-state index contributed by atoms with van der Waals surface area (Å²) in [7, 11) is 0. The summed E-state index contributed by atoms with van der Waals surface area (Å²) in [4.78, 5) is 33.3. The molecular weight excluding hydrogens is 496 g/mol. The third kappa shape index (κ3) is 4.96.